The molecule has 4 aromatic rings. The lowest BCUT2D eigenvalue weighted by Crippen LogP contribution is -2.61. The molecule has 5 saturated carbocycles. The van der Waals surface area contributed by atoms with E-state index in [1.54, 1.807) is 15.2 Å². The third-order valence-corrected chi connectivity index (χ3v) is 20.2. The Balaban J connectivity index is 0.861. The number of esters is 2. The van der Waals surface area contributed by atoms with Crippen molar-refractivity contribution in [2.45, 2.75) is 134 Å². The summed E-state index contributed by atoms with van der Waals surface area (Å²) in [5, 5.41) is 31.6. The number of hydrogen-bond donors (Lipinski definition) is 4. The van der Waals surface area contributed by atoms with E-state index in [2.05, 4.69) is 17.6 Å². The average Bonchev–Trinajstić information content (AvgIpc) is 3.45. The first-order valence-electron chi connectivity index (χ1n) is 29.4. The predicted molar refractivity (Wildman–Crippen MR) is 302 cm³/mol. The highest BCUT2D eigenvalue weighted by atomic mass is 19.1. The van der Waals surface area contributed by atoms with Gasteiger partial charge in [-0.05, 0) is 119 Å². The van der Waals surface area contributed by atoms with Gasteiger partial charge in [0.25, 0.3) is 0 Å². The molecule has 2 aromatic heterocycles. The molecule has 439 valence electrons. The Morgan fingerprint density at radius 1 is 0.756 bits per heavy atom. The maximum Gasteiger partial charge on any atom is 0.343 e. The molecule has 4 N–H and O–H groups in total. The van der Waals surface area contributed by atoms with E-state index in [1.807, 2.05) is 30.6 Å². The molecule has 6 aliphatic carbocycles. The van der Waals surface area contributed by atoms with Gasteiger partial charge in [0, 0.05) is 100 Å². The highest BCUT2D eigenvalue weighted by Gasteiger charge is 2.68. The number of carbonyl (C=O) groups excluding carboxylic acids is 4. The number of benzene rings is 2. The van der Waals surface area contributed by atoms with Crippen molar-refractivity contribution in [3.8, 4) is 11.5 Å². The van der Waals surface area contributed by atoms with Crippen molar-refractivity contribution >= 4 is 56.7 Å². The number of halogens is 2. The summed E-state index contributed by atoms with van der Waals surface area (Å²) in [6.07, 6.45) is 10.7. The van der Waals surface area contributed by atoms with Crippen LogP contribution in [0.5, 0.6) is 11.5 Å². The third-order valence-electron chi connectivity index (χ3n) is 20.2. The normalized spacial score (nSPS) is 30.3. The highest BCUT2D eigenvalue weighted by molar-refractivity contribution is 6.00. The van der Waals surface area contributed by atoms with Crippen LogP contribution in [0.25, 0.3) is 21.8 Å². The molecule has 0 bridgehead atoms. The molecule has 4 heterocycles. The van der Waals surface area contributed by atoms with Gasteiger partial charge in [0.15, 0.2) is 34.7 Å². The number of pyridine rings is 2. The molecule has 3 unspecified atom stereocenters. The minimum atomic E-state index is -2.02. The largest absolute Gasteiger partial charge is 0.492 e. The molecule has 2 aromatic carbocycles. The minimum absolute atomic E-state index is 0.0523. The fraction of sp³-hybridized carbons (Fsp3) is 0.597. The Kier molecular flexibility index (Phi) is 14.5. The lowest BCUT2D eigenvalue weighted by atomic mass is 9.45. The maximum absolute atomic E-state index is 16.4. The standard InChI is InChI=1S/C62H75F2N6O12/c1-32-26-67(19-17-65-32)52-45(63)23-40-50(56(52)79-5)69(36-8-9-36)28-42(54(40)74)58(76)81-30-34(21-48(73)62(78)16-14-44-39-12-7-35-22-38(71)13-15-60(35,3)49(39)47(72)25-61(44,62)4)31-82-59(77)43-29-70(37-10-11-37)51-41(55(43)75)24-46(64)53(57(51)80-6)68-20-18-66-33(2)27-68/h21-24,28-29,32-34,36-37,39,44,47,49,65-66,72,78H,7-20,25-27,30-31H2,1-6H3/t32?,33?,34?,39-,44-,47-,49?,60-,61-,62-/m1/s1. The van der Waals surface area contributed by atoms with E-state index in [-0.39, 0.29) is 94.2 Å². The topological polar surface area (TPSA) is 220 Å². The zero-order valence-corrected chi connectivity index (χ0v) is 47.6. The van der Waals surface area contributed by atoms with Crippen LogP contribution < -0.4 is 40.8 Å². The average molecular weight is 1130 g/mol. The lowest BCUT2D eigenvalue weighted by molar-refractivity contribution is -0.178. The number of hydrogen-bond acceptors (Lipinski definition) is 16. The Morgan fingerprint density at radius 3 is 1.74 bits per heavy atom. The van der Waals surface area contributed by atoms with Crippen molar-refractivity contribution in [2.75, 3.05) is 76.5 Å². The molecule has 8 aliphatic rings. The van der Waals surface area contributed by atoms with Crippen LogP contribution in [0.1, 0.15) is 131 Å². The number of carbonyl (C=O) groups is 4. The van der Waals surface area contributed by atoms with Crippen molar-refractivity contribution in [1.82, 2.24) is 19.8 Å². The summed E-state index contributed by atoms with van der Waals surface area (Å²) in [6.45, 7) is 9.84. The summed E-state index contributed by atoms with van der Waals surface area (Å²) < 4.78 is 60.0. The van der Waals surface area contributed by atoms with Crippen LogP contribution in [-0.4, -0.2) is 133 Å². The Labute approximate surface area is 474 Å². The zero-order chi connectivity index (χ0) is 57.9. The number of aliphatic hydroxyl groups is 2. The maximum atomic E-state index is 16.4. The number of allylic oxidation sites excluding steroid dienone is 1. The zero-order valence-electron chi connectivity index (χ0n) is 47.6. The van der Waals surface area contributed by atoms with Crippen molar-refractivity contribution in [3.63, 3.8) is 0 Å². The van der Waals surface area contributed by atoms with Gasteiger partial charge in [0.2, 0.25) is 10.9 Å². The molecular formula is C62H75F2N6O12. The van der Waals surface area contributed by atoms with Crippen LogP contribution in [0, 0.1) is 52.6 Å². The number of nitrogens with one attached hydrogen (secondary N) is 2. The molecule has 20 heteroatoms. The number of fused-ring (bicyclic) bond motifs is 7. The van der Waals surface area contributed by atoms with Crippen molar-refractivity contribution in [1.29, 1.82) is 0 Å². The molecule has 18 nitrogen and oxygen atoms in total. The third kappa shape index (κ3) is 9.32. The first kappa shape index (κ1) is 56.3. The number of Topliss-reactive ketones (excluding diaryl/α,β-unsaturated/α-hetero) is 1. The predicted octanol–water partition coefficient (Wildman–Crippen LogP) is 6.51. The van der Waals surface area contributed by atoms with Crippen molar-refractivity contribution in [2.24, 2.45) is 34.5 Å². The number of aromatic nitrogens is 2. The van der Waals surface area contributed by atoms with Gasteiger partial charge in [-0.2, -0.15) is 0 Å². The Morgan fingerprint density at radius 2 is 1.27 bits per heavy atom. The molecule has 2 saturated heterocycles. The van der Waals surface area contributed by atoms with Crippen molar-refractivity contribution in [3.05, 3.63) is 85.8 Å². The highest BCUT2D eigenvalue weighted by Crippen LogP contribution is 2.68. The van der Waals surface area contributed by atoms with Crippen LogP contribution in [0.15, 0.2) is 45.8 Å². The van der Waals surface area contributed by atoms with Gasteiger partial charge in [-0.25, -0.2) is 18.4 Å². The SMILES string of the molecule is COc1c(N2CCNC(C)C2)c(F)cc2c(=O)c(C(=O)OCC([CH]C(=O)[C@]3(O)CC[C@@H]4[C@H]5CCC6=CC(=O)CC[C@@]6(C)C5[C@H](O)C[C@]43C)COC(=O)c3cn(C4CC4)c4c(OC)c(N5CCNC(C)C5)c(F)cc4c3=O)cn(C3CC3)c12. The minimum Gasteiger partial charge on any atom is -0.492 e. The molecule has 0 spiro atoms. The monoisotopic (exact) mass is 1130 g/mol. The molecule has 82 heavy (non-hydrogen) atoms. The Hall–Kier alpha value is -6.22. The van der Waals surface area contributed by atoms with Crippen LogP contribution >= 0.6 is 0 Å². The van der Waals surface area contributed by atoms with E-state index in [0.29, 0.717) is 82.4 Å². The summed E-state index contributed by atoms with van der Waals surface area (Å²) in [4.78, 5) is 89.3. The first-order chi connectivity index (χ1) is 39.2. The van der Waals surface area contributed by atoms with Gasteiger partial charge in [-0.15, -0.1) is 0 Å². The van der Waals surface area contributed by atoms with E-state index < -0.39 is 93.0 Å². The number of ketones is 2. The van der Waals surface area contributed by atoms with Gasteiger partial charge >= 0.3 is 11.9 Å². The van der Waals surface area contributed by atoms with Crippen molar-refractivity contribution < 1.29 is 57.1 Å². The number of piperazine rings is 2. The van der Waals surface area contributed by atoms with Crippen LogP contribution in [-0.2, 0) is 19.1 Å². The second-order valence-corrected chi connectivity index (χ2v) is 25.4. The van der Waals surface area contributed by atoms with Crippen LogP contribution in [0.4, 0.5) is 20.2 Å². The summed E-state index contributed by atoms with van der Waals surface area (Å²) in [6, 6.07) is 2.11. The molecule has 7 fully saturated rings. The van der Waals surface area contributed by atoms with E-state index in [0.717, 1.165) is 43.4 Å². The second-order valence-electron chi connectivity index (χ2n) is 25.4. The van der Waals surface area contributed by atoms with E-state index in [9.17, 15) is 34.2 Å². The fourth-order valence-corrected chi connectivity index (χ4v) is 15.8. The molecule has 2 aliphatic heterocycles. The number of ether oxygens (including phenoxy) is 4. The van der Waals surface area contributed by atoms with E-state index in [4.69, 9.17) is 18.9 Å². The van der Waals surface area contributed by atoms with Gasteiger partial charge in [-0.3, -0.25) is 19.2 Å². The van der Waals surface area contributed by atoms with Crippen LogP contribution in [0.3, 0.4) is 0 Å². The molecule has 12 rings (SSSR count). The quantitative estimate of drug-likeness (QED) is 0.0932. The number of anilines is 2. The smallest absolute Gasteiger partial charge is 0.343 e. The summed E-state index contributed by atoms with van der Waals surface area (Å²) in [5.41, 5.74) is -3.81. The van der Waals surface area contributed by atoms with E-state index in [1.165, 1.54) is 33.0 Å². The van der Waals surface area contributed by atoms with Gasteiger partial charge in [-0.1, -0.05) is 19.4 Å². The lowest BCUT2D eigenvalue weighted by Gasteiger charge is -2.60. The number of aliphatic hydroxyl groups excluding tert-OH is 1. The van der Waals surface area contributed by atoms with Gasteiger partial charge < -0.3 is 58.7 Å². The summed E-state index contributed by atoms with van der Waals surface area (Å²) in [5.74, 6) is -5.56. The molecule has 1 radical (unpaired) electrons. The van der Waals surface area contributed by atoms with E-state index >= 15 is 13.6 Å². The van der Waals surface area contributed by atoms with Gasteiger partial charge in [0.1, 0.15) is 28.1 Å². The summed E-state index contributed by atoms with van der Waals surface area (Å²) >= 11 is 0. The van der Waals surface area contributed by atoms with Gasteiger partial charge in [0.05, 0.1) is 55.3 Å². The number of nitrogens with zero attached hydrogens (tertiary/aromatic N) is 4. The first-order valence-corrected chi connectivity index (χ1v) is 29.4. The Bertz CT molecular complexity index is 3300. The molecule has 9 atom stereocenters. The van der Waals surface area contributed by atoms with Crippen LogP contribution in [0.2, 0.25) is 0 Å². The number of rotatable bonds is 15. The fourth-order valence-electron chi connectivity index (χ4n) is 15.8. The summed E-state index contributed by atoms with van der Waals surface area (Å²) in [7, 11) is 2.84. The molecule has 0 amide bonds. The molecular weight excluding hydrogens is 1060 g/mol. The second kappa shape index (κ2) is 21.1. The number of methoxy groups -OCH3 is 2.